The summed E-state index contributed by atoms with van der Waals surface area (Å²) in [5, 5.41) is 0.0539. The van der Waals surface area contributed by atoms with Crippen LogP contribution in [0.3, 0.4) is 0 Å². The van der Waals surface area contributed by atoms with Gasteiger partial charge in [-0.1, -0.05) is 62.4 Å². The summed E-state index contributed by atoms with van der Waals surface area (Å²) in [6.45, 7) is 5.53. The maximum absolute atomic E-state index is 12.6. The van der Waals surface area contributed by atoms with E-state index in [4.69, 9.17) is 4.74 Å². The molecule has 1 aliphatic heterocycles. The molecule has 1 fully saturated rings. The first-order chi connectivity index (χ1) is 12.1. The largest absolute Gasteiger partial charge is 0.489 e. The molecule has 0 aliphatic carbocycles. The van der Waals surface area contributed by atoms with E-state index in [-0.39, 0.29) is 11.3 Å². The second kappa shape index (κ2) is 8.43. The summed E-state index contributed by atoms with van der Waals surface area (Å²) >= 11 is 1.82. The molecule has 0 radical (unpaired) electrons. The molecule has 1 aliphatic rings. The molecule has 0 bridgehead atoms. The van der Waals surface area contributed by atoms with Gasteiger partial charge in [0.15, 0.2) is 0 Å². The molecule has 0 saturated carbocycles. The van der Waals surface area contributed by atoms with Crippen LogP contribution in [0, 0.1) is 5.92 Å². The fourth-order valence-corrected chi connectivity index (χ4v) is 4.30. The van der Waals surface area contributed by atoms with Crippen molar-refractivity contribution in [1.82, 2.24) is 4.90 Å². The van der Waals surface area contributed by atoms with Gasteiger partial charge in [-0.2, -0.15) is 0 Å². The minimum atomic E-state index is 0.0539. The van der Waals surface area contributed by atoms with Crippen molar-refractivity contribution in [3.05, 3.63) is 65.7 Å². The lowest BCUT2D eigenvalue weighted by atomic mass is 10.1. The van der Waals surface area contributed by atoms with E-state index in [1.165, 1.54) is 0 Å². The van der Waals surface area contributed by atoms with Crippen molar-refractivity contribution < 1.29 is 9.53 Å². The van der Waals surface area contributed by atoms with Crippen LogP contribution in [-0.4, -0.2) is 23.1 Å². The molecule has 25 heavy (non-hydrogen) atoms. The predicted molar refractivity (Wildman–Crippen MR) is 104 cm³/mol. The summed E-state index contributed by atoms with van der Waals surface area (Å²) in [5.74, 6) is 2.46. The third kappa shape index (κ3) is 4.57. The molecule has 1 unspecified atom stereocenters. The first kappa shape index (κ1) is 17.9. The predicted octanol–water partition coefficient (Wildman–Crippen LogP) is 4.89. The number of thioether (sulfide) groups is 1. The Labute approximate surface area is 154 Å². The number of hydrogen-bond donors (Lipinski definition) is 0. The number of carbonyl (C=O) groups is 1. The van der Waals surface area contributed by atoms with Gasteiger partial charge in [0, 0.05) is 24.3 Å². The highest BCUT2D eigenvalue weighted by molar-refractivity contribution is 7.99. The van der Waals surface area contributed by atoms with Gasteiger partial charge in [0.2, 0.25) is 5.91 Å². The Bertz CT molecular complexity index is 702. The standard InChI is InChI=1S/C21H25NO2S/c1-16(2)14-20(23)22-12-13-25-21(22)18-10-6-7-11-19(18)24-15-17-8-4-3-5-9-17/h3-11,16,21H,12-15H2,1-2H3. The Morgan fingerprint density at radius 1 is 1.16 bits per heavy atom. The number of rotatable bonds is 6. The Morgan fingerprint density at radius 3 is 2.64 bits per heavy atom. The van der Waals surface area contributed by atoms with E-state index in [2.05, 4.69) is 32.0 Å². The summed E-state index contributed by atoms with van der Waals surface area (Å²) in [4.78, 5) is 14.6. The molecule has 132 valence electrons. The molecule has 3 nitrogen and oxygen atoms in total. The second-order valence-corrected chi connectivity index (χ2v) is 7.91. The van der Waals surface area contributed by atoms with E-state index in [0.29, 0.717) is 18.9 Å². The zero-order valence-electron chi connectivity index (χ0n) is 14.9. The minimum Gasteiger partial charge on any atom is -0.489 e. The molecular formula is C21H25NO2S. The van der Waals surface area contributed by atoms with Crippen molar-refractivity contribution in [3.8, 4) is 5.75 Å². The zero-order valence-corrected chi connectivity index (χ0v) is 15.7. The molecule has 4 heteroatoms. The highest BCUT2D eigenvalue weighted by Gasteiger charge is 2.32. The van der Waals surface area contributed by atoms with Crippen LogP contribution >= 0.6 is 11.8 Å². The van der Waals surface area contributed by atoms with Crippen LogP contribution in [0.25, 0.3) is 0 Å². The smallest absolute Gasteiger partial charge is 0.224 e. The average Bonchev–Trinajstić information content (AvgIpc) is 3.10. The van der Waals surface area contributed by atoms with Gasteiger partial charge in [0.1, 0.15) is 17.7 Å². The Kier molecular flexibility index (Phi) is 6.03. The number of nitrogens with zero attached hydrogens (tertiary/aromatic N) is 1. The van der Waals surface area contributed by atoms with Crippen LogP contribution in [0.4, 0.5) is 0 Å². The average molecular weight is 356 g/mol. The van der Waals surface area contributed by atoms with Crippen LogP contribution in [-0.2, 0) is 11.4 Å². The van der Waals surface area contributed by atoms with Gasteiger partial charge in [-0.3, -0.25) is 4.79 Å². The highest BCUT2D eigenvalue weighted by Crippen LogP contribution is 2.42. The molecular weight excluding hydrogens is 330 g/mol. The molecule has 2 aromatic carbocycles. The van der Waals surface area contributed by atoms with Crippen LogP contribution < -0.4 is 4.74 Å². The molecule has 2 aromatic rings. The Balaban J connectivity index is 1.76. The minimum absolute atomic E-state index is 0.0539. The van der Waals surface area contributed by atoms with Gasteiger partial charge < -0.3 is 9.64 Å². The maximum atomic E-state index is 12.6. The molecule has 1 amide bonds. The van der Waals surface area contributed by atoms with Crippen molar-refractivity contribution in [1.29, 1.82) is 0 Å². The van der Waals surface area contributed by atoms with Crippen LogP contribution in [0.15, 0.2) is 54.6 Å². The summed E-state index contributed by atoms with van der Waals surface area (Å²) in [6, 6.07) is 18.3. The first-order valence-electron chi connectivity index (χ1n) is 8.82. The number of amides is 1. The van der Waals surface area contributed by atoms with Crippen LogP contribution in [0.2, 0.25) is 0 Å². The summed E-state index contributed by atoms with van der Waals surface area (Å²) in [6.07, 6.45) is 0.601. The van der Waals surface area contributed by atoms with E-state index in [0.717, 1.165) is 29.2 Å². The monoisotopic (exact) mass is 355 g/mol. The van der Waals surface area contributed by atoms with Crippen molar-refractivity contribution in [3.63, 3.8) is 0 Å². The van der Waals surface area contributed by atoms with Gasteiger partial charge in [-0.25, -0.2) is 0 Å². The number of ether oxygens (including phenoxy) is 1. The molecule has 1 heterocycles. The highest BCUT2D eigenvalue weighted by atomic mass is 32.2. The van der Waals surface area contributed by atoms with Crippen molar-refractivity contribution in [2.75, 3.05) is 12.3 Å². The fraction of sp³-hybridized carbons (Fsp3) is 0.381. The number of hydrogen-bond acceptors (Lipinski definition) is 3. The van der Waals surface area contributed by atoms with E-state index in [1.807, 2.05) is 53.1 Å². The fourth-order valence-electron chi connectivity index (χ4n) is 3.00. The first-order valence-corrected chi connectivity index (χ1v) is 9.86. The summed E-state index contributed by atoms with van der Waals surface area (Å²) in [5.41, 5.74) is 2.24. The van der Waals surface area contributed by atoms with Gasteiger partial charge in [0.25, 0.3) is 0 Å². The van der Waals surface area contributed by atoms with Gasteiger partial charge in [0.05, 0.1) is 0 Å². The zero-order chi connectivity index (χ0) is 17.6. The third-order valence-corrected chi connectivity index (χ3v) is 5.46. The quantitative estimate of drug-likeness (QED) is 0.739. The Morgan fingerprint density at radius 2 is 1.88 bits per heavy atom. The lowest BCUT2D eigenvalue weighted by Gasteiger charge is -2.26. The van der Waals surface area contributed by atoms with Crippen LogP contribution in [0.5, 0.6) is 5.75 Å². The van der Waals surface area contributed by atoms with Crippen molar-refractivity contribution in [2.45, 2.75) is 32.2 Å². The molecule has 0 spiro atoms. The molecule has 1 saturated heterocycles. The lowest BCUT2D eigenvalue weighted by molar-refractivity contribution is -0.132. The van der Waals surface area contributed by atoms with E-state index >= 15 is 0 Å². The number of benzene rings is 2. The van der Waals surface area contributed by atoms with Gasteiger partial charge >= 0.3 is 0 Å². The van der Waals surface area contributed by atoms with E-state index in [1.54, 1.807) is 0 Å². The third-order valence-electron chi connectivity index (χ3n) is 4.22. The van der Waals surface area contributed by atoms with E-state index < -0.39 is 0 Å². The Hall–Kier alpha value is -1.94. The van der Waals surface area contributed by atoms with Crippen molar-refractivity contribution in [2.24, 2.45) is 5.92 Å². The molecule has 1 atom stereocenters. The van der Waals surface area contributed by atoms with Gasteiger partial charge in [-0.05, 0) is 17.5 Å². The lowest BCUT2D eigenvalue weighted by Crippen LogP contribution is -2.31. The maximum Gasteiger partial charge on any atom is 0.224 e. The molecule has 3 rings (SSSR count). The van der Waals surface area contributed by atoms with Gasteiger partial charge in [-0.15, -0.1) is 11.8 Å². The normalized spacial score (nSPS) is 17.1. The SMILES string of the molecule is CC(C)CC(=O)N1CCSC1c1ccccc1OCc1ccccc1. The topological polar surface area (TPSA) is 29.5 Å². The second-order valence-electron chi connectivity index (χ2n) is 6.72. The number of carbonyl (C=O) groups excluding carboxylic acids is 1. The number of para-hydroxylation sites is 1. The van der Waals surface area contributed by atoms with E-state index in [9.17, 15) is 4.79 Å². The van der Waals surface area contributed by atoms with Crippen molar-refractivity contribution >= 4 is 17.7 Å². The summed E-state index contributed by atoms with van der Waals surface area (Å²) < 4.78 is 6.09. The molecule has 0 aromatic heterocycles. The summed E-state index contributed by atoms with van der Waals surface area (Å²) in [7, 11) is 0. The van der Waals surface area contributed by atoms with Crippen LogP contribution in [0.1, 0.15) is 36.8 Å². The molecule has 0 N–H and O–H groups in total.